The summed E-state index contributed by atoms with van der Waals surface area (Å²) in [6.45, 7) is 0.222. The van der Waals surface area contributed by atoms with Crippen molar-refractivity contribution in [2.45, 2.75) is 6.04 Å². The second-order valence-electron chi connectivity index (χ2n) is 3.92. The lowest BCUT2D eigenvalue weighted by Crippen LogP contribution is -2.28. The van der Waals surface area contributed by atoms with Gasteiger partial charge in [0.05, 0.1) is 6.54 Å². The van der Waals surface area contributed by atoms with Gasteiger partial charge in [0.25, 0.3) is 0 Å². The summed E-state index contributed by atoms with van der Waals surface area (Å²) in [7, 11) is 0. The highest BCUT2D eigenvalue weighted by Gasteiger charge is 2.20. The predicted octanol–water partition coefficient (Wildman–Crippen LogP) is 2.19. The van der Waals surface area contributed by atoms with E-state index in [4.69, 9.17) is 6.42 Å². The third-order valence-corrected chi connectivity index (χ3v) is 2.79. The first-order valence-electron chi connectivity index (χ1n) is 5.61. The Hall–Kier alpha value is -2.31. The maximum Gasteiger partial charge on any atom is 0.325 e. The number of nitrogens with one attached hydrogen (secondary N) is 1. The largest absolute Gasteiger partial charge is 0.480 e. The predicted molar refractivity (Wildman–Crippen MR) is 71.2 cm³/mol. The van der Waals surface area contributed by atoms with E-state index in [0.29, 0.717) is 0 Å². The molecule has 0 aliphatic rings. The van der Waals surface area contributed by atoms with E-state index in [1.807, 2.05) is 42.5 Å². The van der Waals surface area contributed by atoms with Gasteiger partial charge in [-0.05, 0) is 16.3 Å². The SMILES string of the molecule is C#CCNC(C(=O)O)c1cccc2ccccc12. The van der Waals surface area contributed by atoms with E-state index in [1.165, 1.54) is 0 Å². The number of carboxylic acid groups (broad SMARTS) is 1. The quantitative estimate of drug-likeness (QED) is 0.804. The highest BCUT2D eigenvalue weighted by Crippen LogP contribution is 2.24. The molecule has 3 heteroatoms. The van der Waals surface area contributed by atoms with Crippen LogP contribution in [-0.2, 0) is 4.79 Å². The summed E-state index contributed by atoms with van der Waals surface area (Å²) in [5.74, 6) is 1.47. The van der Waals surface area contributed by atoms with Crippen LogP contribution >= 0.6 is 0 Å². The molecule has 2 rings (SSSR count). The van der Waals surface area contributed by atoms with Crippen LogP contribution in [0.3, 0.4) is 0 Å². The van der Waals surface area contributed by atoms with E-state index in [1.54, 1.807) is 0 Å². The standard InChI is InChI=1S/C15H13NO2/c1-2-10-16-14(15(17)18)13-9-5-7-11-6-3-4-8-12(11)13/h1,3-9,14,16H,10H2,(H,17,18). The van der Waals surface area contributed by atoms with E-state index >= 15 is 0 Å². The van der Waals surface area contributed by atoms with Crippen LogP contribution in [0, 0.1) is 12.3 Å². The minimum Gasteiger partial charge on any atom is -0.480 e. The van der Waals surface area contributed by atoms with Crippen molar-refractivity contribution < 1.29 is 9.90 Å². The van der Waals surface area contributed by atoms with Crippen molar-refractivity contribution in [3.8, 4) is 12.3 Å². The van der Waals surface area contributed by atoms with Crippen molar-refractivity contribution >= 4 is 16.7 Å². The van der Waals surface area contributed by atoms with Gasteiger partial charge >= 0.3 is 5.97 Å². The second kappa shape index (κ2) is 5.35. The van der Waals surface area contributed by atoms with Gasteiger partial charge in [-0.3, -0.25) is 10.1 Å². The molecule has 0 amide bonds. The Kier molecular flexibility index (Phi) is 3.61. The highest BCUT2D eigenvalue weighted by atomic mass is 16.4. The van der Waals surface area contributed by atoms with E-state index in [9.17, 15) is 9.90 Å². The zero-order valence-electron chi connectivity index (χ0n) is 9.76. The summed E-state index contributed by atoms with van der Waals surface area (Å²) in [4.78, 5) is 11.3. The van der Waals surface area contributed by atoms with Gasteiger partial charge in [-0.2, -0.15) is 0 Å². The Morgan fingerprint density at radius 1 is 1.28 bits per heavy atom. The minimum absolute atomic E-state index is 0.222. The van der Waals surface area contributed by atoms with Crippen LogP contribution in [0.4, 0.5) is 0 Å². The number of terminal acetylenes is 1. The molecule has 0 bridgehead atoms. The van der Waals surface area contributed by atoms with Crippen molar-refractivity contribution in [2.75, 3.05) is 6.54 Å². The van der Waals surface area contributed by atoms with Gasteiger partial charge < -0.3 is 5.11 Å². The Labute approximate surface area is 105 Å². The average Bonchev–Trinajstić information content (AvgIpc) is 2.39. The molecular weight excluding hydrogens is 226 g/mol. The van der Waals surface area contributed by atoms with Crippen molar-refractivity contribution in [3.05, 3.63) is 48.0 Å². The summed E-state index contributed by atoms with van der Waals surface area (Å²) >= 11 is 0. The highest BCUT2D eigenvalue weighted by molar-refractivity contribution is 5.90. The third kappa shape index (κ3) is 2.34. The van der Waals surface area contributed by atoms with Gasteiger partial charge in [0.15, 0.2) is 0 Å². The zero-order chi connectivity index (χ0) is 13.0. The van der Waals surface area contributed by atoms with Gasteiger partial charge in [-0.25, -0.2) is 0 Å². The number of carboxylic acids is 1. The van der Waals surface area contributed by atoms with Crippen LogP contribution in [0.1, 0.15) is 11.6 Å². The van der Waals surface area contributed by atoms with Gasteiger partial charge in [0.1, 0.15) is 6.04 Å². The zero-order valence-corrected chi connectivity index (χ0v) is 9.76. The Bertz CT molecular complexity index is 608. The number of rotatable bonds is 4. The fourth-order valence-electron chi connectivity index (χ4n) is 1.99. The fourth-order valence-corrected chi connectivity index (χ4v) is 1.99. The molecule has 2 aromatic rings. The van der Waals surface area contributed by atoms with E-state index < -0.39 is 12.0 Å². The van der Waals surface area contributed by atoms with Crippen LogP contribution in [0.15, 0.2) is 42.5 Å². The van der Waals surface area contributed by atoms with Gasteiger partial charge in [0.2, 0.25) is 0 Å². The van der Waals surface area contributed by atoms with E-state index in [0.717, 1.165) is 16.3 Å². The summed E-state index contributed by atoms with van der Waals surface area (Å²) < 4.78 is 0. The third-order valence-electron chi connectivity index (χ3n) is 2.79. The summed E-state index contributed by atoms with van der Waals surface area (Å²) in [5, 5.41) is 14.1. The number of hydrogen-bond donors (Lipinski definition) is 2. The molecule has 0 saturated carbocycles. The fraction of sp³-hybridized carbons (Fsp3) is 0.133. The lowest BCUT2D eigenvalue weighted by atomic mass is 9.99. The minimum atomic E-state index is -0.929. The van der Waals surface area contributed by atoms with Crippen molar-refractivity contribution in [2.24, 2.45) is 0 Å². The smallest absolute Gasteiger partial charge is 0.325 e. The Balaban J connectivity index is 2.50. The molecule has 2 aromatic carbocycles. The van der Waals surface area contributed by atoms with Crippen LogP contribution in [-0.4, -0.2) is 17.6 Å². The number of carbonyl (C=O) groups is 1. The Morgan fingerprint density at radius 3 is 2.72 bits per heavy atom. The lowest BCUT2D eigenvalue weighted by molar-refractivity contribution is -0.139. The summed E-state index contributed by atoms with van der Waals surface area (Å²) in [5.41, 5.74) is 0.732. The number of aliphatic carboxylic acids is 1. The van der Waals surface area contributed by atoms with Crippen molar-refractivity contribution in [1.29, 1.82) is 0 Å². The monoisotopic (exact) mass is 239 g/mol. The molecule has 0 aromatic heterocycles. The lowest BCUT2D eigenvalue weighted by Gasteiger charge is -2.15. The van der Waals surface area contributed by atoms with Crippen molar-refractivity contribution in [3.63, 3.8) is 0 Å². The number of hydrogen-bond acceptors (Lipinski definition) is 2. The molecule has 2 N–H and O–H groups in total. The molecule has 0 radical (unpaired) electrons. The molecule has 1 unspecified atom stereocenters. The first kappa shape index (κ1) is 12.2. The molecule has 0 saturated heterocycles. The first-order chi connectivity index (χ1) is 8.74. The van der Waals surface area contributed by atoms with Crippen LogP contribution < -0.4 is 5.32 Å². The Morgan fingerprint density at radius 2 is 2.00 bits per heavy atom. The van der Waals surface area contributed by atoms with Gasteiger partial charge in [-0.1, -0.05) is 48.4 Å². The molecule has 0 fully saturated rings. The summed E-state index contributed by atoms with van der Waals surface area (Å²) in [6, 6.07) is 12.5. The molecule has 3 nitrogen and oxygen atoms in total. The van der Waals surface area contributed by atoms with E-state index in [-0.39, 0.29) is 6.54 Å². The average molecular weight is 239 g/mol. The van der Waals surface area contributed by atoms with Crippen molar-refractivity contribution in [1.82, 2.24) is 5.32 Å². The maximum absolute atomic E-state index is 11.3. The molecule has 0 aliphatic heterocycles. The molecule has 18 heavy (non-hydrogen) atoms. The van der Waals surface area contributed by atoms with Gasteiger partial charge in [-0.15, -0.1) is 6.42 Å². The molecule has 90 valence electrons. The molecule has 0 aliphatic carbocycles. The van der Waals surface area contributed by atoms with Crippen LogP contribution in [0.5, 0.6) is 0 Å². The number of benzene rings is 2. The summed E-state index contributed by atoms with van der Waals surface area (Å²) in [6.07, 6.45) is 5.16. The normalized spacial score (nSPS) is 11.9. The van der Waals surface area contributed by atoms with Crippen LogP contribution in [0.2, 0.25) is 0 Å². The second-order valence-corrected chi connectivity index (χ2v) is 3.92. The first-order valence-corrected chi connectivity index (χ1v) is 5.61. The van der Waals surface area contributed by atoms with E-state index in [2.05, 4.69) is 11.2 Å². The maximum atomic E-state index is 11.3. The molecular formula is C15H13NO2. The molecule has 1 atom stereocenters. The molecule has 0 spiro atoms. The van der Waals surface area contributed by atoms with Gasteiger partial charge in [0, 0.05) is 0 Å². The topological polar surface area (TPSA) is 49.3 Å². The molecule has 0 heterocycles. The number of fused-ring (bicyclic) bond motifs is 1. The van der Waals surface area contributed by atoms with Crippen LogP contribution in [0.25, 0.3) is 10.8 Å².